The second-order valence-corrected chi connectivity index (χ2v) is 7.99. The van der Waals surface area contributed by atoms with Crippen molar-refractivity contribution in [2.24, 2.45) is 17.6 Å². The minimum absolute atomic E-state index is 0.0141. The fraction of sp³-hybridized carbons (Fsp3) is 0.545. The largest absolute Gasteiger partial charge is 0.445 e. The van der Waals surface area contributed by atoms with Crippen LogP contribution in [0.4, 0.5) is 15.3 Å². The highest BCUT2D eigenvalue weighted by Gasteiger charge is 2.27. The predicted molar refractivity (Wildman–Crippen MR) is 118 cm³/mol. The average molecular weight is 435 g/mol. The molecule has 0 aliphatic rings. The van der Waals surface area contributed by atoms with Crippen LogP contribution in [0.5, 0.6) is 0 Å². The SMILES string of the molecule is CC(=O)[C@H](C(C)C)N(C)C(=O)OCc1ccc(NC(=O)[C@@H](C)CCCNC(N)=O)cc1. The van der Waals surface area contributed by atoms with Crippen LogP contribution >= 0.6 is 0 Å². The maximum Gasteiger partial charge on any atom is 0.410 e. The van der Waals surface area contributed by atoms with Gasteiger partial charge in [-0.3, -0.25) is 9.59 Å². The summed E-state index contributed by atoms with van der Waals surface area (Å²) in [7, 11) is 1.55. The summed E-state index contributed by atoms with van der Waals surface area (Å²) < 4.78 is 5.31. The molecule has 0 heterocycles. The van der Waals surface area contributed by atoms with E-state index in [0.29, 0.717) is 25.1 Å². The van der Waals surface area contributed by atoms with E-state index >= 15 is 0 Å². The highest BCUT2D eigenvalue weighted by Crippen LogP contribution is 2.15. The van der Waals surface area contributed by atoms with Crippen LogP contribution in [-0.4, -0.2) is 48.3 Å². The Hall–Kier alpha value is -3.10. The van der Waals surface area contributed by atoms with E-state index in [2.05, 4.69) is 10.6 Å². The lowest BCUT2D eigenvalue weighted by atomic mass is 10.00. The van der Waals surface area contributed by atoms with E-state index in [-0.39, 0.29) is 30.1 Å². The molecule has 0 spiro atoms. The van der Waals surface area contributed by atoms with Gasteiger partial charge in [0.1, 0.15) is 6.61 Å². The van der Waals surface area contributed by atoms with Crippen molar-refractivity contribution in [3.8, 4) is 0 Å². The number of urea groups is 1. The van der Waals surface area contributed by atoms with Gasteiger partial charge in [-0.1, -0.05) is 32.9 Å². The number of likely N-dealkylation sites (N-methyl/N-ethyl adjacent to an activating group) is 1. The van der Waals surface area contributed by atoms with Crippen LogP contribution in [0, 0.1) is 11.8 Å². The van der Waals surface area contributed by atoms with Gasteiger partial charge in [-0.05, 0) is 43.4 Å². The van der Waals surface area contributed by atoms with Crippen molar-refractivity contribution in [3.05, 3.63) is 29.8 Å². The molecule has 31 heavy (non-hydrogen) atoms. The van der Waals surface area contributed by atoms with E-state index in [1.54, 1.807) is 31.3 Å². The Labute approximate surface area is 183 Å². The molecule has 4 amide bonds. The third-order valence-electron chi connectivity index (χ3n) is 4.90. The second kappa shape index (κ2) is 12.6. The van der Waals surface area contributed by atoms with Gasteiger partial charge >= 0.3 is 12.1 Å². The molecule has 0 aliphatic heterocycles. The van der Waals surface area contributed by atoms with Crippen molar-refractivity contribution in [3.63, 3.8) is 0 Å². The Balaban J connectivity index is 2.51. The Kier molecular flexibility index (Phi) is 10.5. The first-order valence-corrected chi connectivity index (χ1v) is 10.4. The summed E-state index contributed by atoms with van der Waals surface area (Å²) in [6.45, 7) is 7.52. The van der Waals surface area contributed by atoms with Crippen LogP contribution in [0.2, 0.25) is 0 Å². The van der Waals surface area contributed by atoms with Crippen LogP contribution < -0.4 is 16.4 Å². The van der Waals surface area contributed by atoms with E-state index in [1.807, 2.05) is 20.8 Å². The lowest BCUT2D eigenvalue weighted by molar-refractivity contribution is -0.122. The average Bonchev–Trinajstić information content (AvgIpc) is 2.69. The van der Waals surface area contributed by atoms with Gasteiger partial charge in [-0.2, -0.15) is 0 Å². The van der Waals surface area contributed by atoms with Gasteiger partial charge in [-0.25, -0.2) is 9.59 Å². The fourth-order valence-electron chi connectivity index (χ4n) is 3.25. The highest BCUT2D eigenvalue weighted by atomic mass is 16.6. The molecule has 172 valence electrons. The van der Waals surface area contributed by atoms with E-state index in [4.69, 9.17) is 10.5 Å². The summed E-state index contributed by atoms with van der Waals surface area (Å²) >= 11 is 0. The maximum absolute atomic E-state index is 12.3. The van der Waals surface area contributed by atoms with Crippen molar-refractivity contribution >= 4 is 29.5 Å². The number of nitrogens with one attached hydrogen (secondary N) is 2. The normalized spacial score (nSPS) is 12.6. The van der Waals surface area contributed by atoms with E-state index in [0.717, 1.165) is 5.56 Å². The zero-order valence-electron chi connectivity index (χ0n) is 18.9. The number of rotatable bonds is 11. The second-order valence-electron chi connectivity index (χ2n) is 7.99. The minimum Gasteiger partial charge on any atom is -0.445 e. The van der Waals surface area contributed by atoms with Crippen molar-refractivity contribution in [1.82, 2.24) is 10.2 Å². The van der Waals surface area contributed by atoms with Crippen LogP contribution in [0.1, 0.15) is 46.1 Å². The molecule has 9 heteroatoms. The van der Waals surface area contributed by atoms with Crippen molar-refractivity contribution < 1.29 is 23.9 Å². The first kappa shape index (κ1) is 25.9. The molecule has 9 nitrogen and oxygen atoms in total. The summed E-state index contributed by atoms with van der Waals surface area (Å²) in [4.78, 5) is 48.3. The summed E-state index contributed by atoms with van der Waals surface area (Å²) in [5, 5.41) is 5.33. The first-order chi connectivity index (χ1) is 14.5. The van der Waals surface area contributed by atoms with Crippen LogP contribution in [0.3, 0.4) is 0 Å². The number of ketones is 1. The van der Waals surface area contributed by atoms with Gasteiger partial charge in [-0.15, -0.1) is 0 Å². The number of nitrogens with two attached hydrogens (primary N) is 1. The molecule has 0 unspecified atom stereocenters. The number of primary amides is 1. The zero-order chi connectivity index (χ0) is 23.6. The number of amides is 4. The predicted octanol–water partition coefficient (Wildman–Crippen LogP) is 2.89. The number of carbonyl (C=O) groups is 4. The monoisotopic (exact) mass is 434 g/mol. The minimum atomic E-state index is -0.576. The van der Waals surface area contributed by atoms with Gasteiger partial charge in [0.25, 0.3) is 0 Å². The third-order valence-corrected chi connectivity index (χ3v) is 4.90. The Morgan fingerprint density at radius 3 is 2.23 bits per heavy atom. The first-order valence-electron chi connectivity index (χ1n) is 10.4. The molecule has 2 atom stereocenters. The molecule has 0 radical (unpaired) electrons. The molecule has 0 aromatic heterocycles. The number of anilines is 1. The number of nitrogens with zero attached hydrogens (tertiary/aromatic N) is 1. The number of hydrogen-bond acceptors (Lipinski definition) is 5. The van der Waals surface area contributed by atoms with Crippen molar-refractivity contribution in [2.75, 3.05) is 18.9 Å². The Morgan fingerprint density at radius 1 is 1.10 bits per heavy atom. The van der Waals surface area contributed by atoms with Gasteiger partial charge in [0.15, 0.2) is 5.78 Å². The zero-order valence-corrected chi connectivity index (χ0v) is 18.9. The van der Waals surface area contributed by atoms with Crippen molar-refractivity contribution in [1.29, 1.82) is 0 Å². The molecule has 0 aliphatic carbocycles. The molecule has 0 saturated heterocycles. The van der Waals surface area contributed by atoms with Gasteiger partial charge < -0.3 is 26.0 Å². The summed E-state index contributed by atoms with van der Waals surface area (Å²) in [6, 6.07) is 5.88. The Bertz CT molecular complexity index is 764. The quantitative estimate of drug-likeness (QED) is 0.461. The van der Waals surface area contributed by atoms with Crippen molar-refractivity contribution in [2.45, 2.75) is 53.2 Å². The molecule has 0 fully saturated rings. The summed E-state index contributed by atoms with van der Waals surface area (Å²) in [5.41, 5.74) is 6.39. The lowest BCUT2D eigenvalue weighted by Crippen LogP contribution is -2.45. The summed E-state index contributed by atoms with van der Waals surface area (Å²) in [6.07, 6.45) is 0.703. The van der Waals surface area contributed by atoms with Gasteiger partial charge in [0.2, 0.25) is 5.91 Å². The van der Waals surface area contributed by atoms with E-state index < -0.39 is 18.2 Å². The topological polar surface area (TPSA) is 131 Å². The van der Waals surface area contributed by atoms with E-state index in [9.17, 15) is 19.2 Å². The molecule has 1 aromatic carbocycles. The van der Waals surface area contributed by atoms with Gasteiger partial charge in [0, 0.05) is 25.2 Å². The number of Topliss-reactive ketones (excluding diaryl/α,β-unsaturated/α-hetero) is 1. The highest BCUT2D eigenvalue weighted by molar-refractivity contribution is 5.92. The molecular weight excluding hydrogens is 400 g/mol. The smallest absolute Gasteiger partial charge is 0.410 e. The molecule has 0 bridgehead atoms. The molecule has 1 rings (SSSR count). The molecular formula is C22H34N4O5. The summed E-state index contributed by atoms with van der Waals surface area (Å²) in [5.74, 6) is -0.447. The molecule has 4 N–H and O–H groups in total. The maximum atomic E-state index is 12.3. The molecule has 0 saturated carbocycles. The number of hydrogen-bond donors (Lipinski definition) is 3. The van der Waals surface area contributed by atoms with Crippen LogP contribution in [0.25, 0.3) is 0 Å². The Morgan fingerprint density at radius 2 is 1.71 bits per heavy atom. The fourth-order valence-corrected chi connectivity index (χ4v) is 3.25. The number of carbonyl (C=O) groups excluding carboxylic acids is 4. The third kappa shape index (κ3) is 9.06. The number of benzene rings is 1. The standard InChI is InChI=1S/C22H34N4O5/c1-14(2)19(16(4)27)26(5)22(30)31-13-17-8-10-18(11-9-17)25-20(28)15(3)7-6-12-24-21(23)29/h8-11,14-15,19H,6-7,12-13H2,1-5H3,(H,25,28)(H3,23,24,29)/t15-,19-/m0/s1. The number of ether oxygens (including phenoxy) is 1. The molecule has 1 aromatic rings. The van der Waals surface area contributed by atoms with Gasteiger partial charge in [0.05, 0.1) is 6.04 Å². The van der Waals surface area contributed by atoms with Crippen LogP contribution in [0.15, 0.2) is 24.3 Å². The van der Waals surface area contributed by atoms with E-state index in [1.165, 1.54) is 11.8 Å². The van der Waals surface area contributed by atoms with Crippen LogP contribution in [-0.2, 0) is 20.9 Å². The lowest BCUT2D eigenvalue weighted by Gasteiger charge is -2.28.